The lowest BCUT2D eigenvalue weighted by Gasteiger charge is -2.24. The number of carbonyl (C=O) groups excluding carboxylic acids is 1. The van der Waals surface area contributed by atoms with Crippen LogP contribution in [0.4, 0.5) is 5.82 Å². The summed E-state index contributed by atoms with van der Waals surface area (Å²) in [4.78, 5) is 16.3. The third kappa shape index (κ3) is 5.10. The summed E-state index contributed by atoms with van der Waals surface area (Å²) in [6, 6.07) is 5.14. The van der Waals surface area contributed by atoms with Crippen LogP contribution in [0.15, 0.2) is 18.2 Å². The van der Waals surface area contributed by atoms with Gasteiger partial charge >= 0.3 is 0 Å². The summed E-state index contributed by atoms with van der Waals surface area (Å²) in [5, 5.41) is 2.80. The molecule has 1 heterocycles. The van der Waals surface area contributed by atoms with Gasteiger partial charge in [-0.3, -0.25) is 4.79 Å². The van der Waals surface area contributed by atoms with Crippen molar-refractivity contribution in [2.45, 2.75) is 51.5 Å². The molecule has 1 aliphatic rings. The number of pyridine rings is 1. The molecule has 3 N–H and O–H groups in total. The fourth-order valence-corrected chi connectivity index (χ4v) is 2.72. The van der Waals surface area contributed by atoms with Gasteiger partial charge in [0.1, 0.15) is 5.82 Å². The molecule has 1 aliphatic carbocycles. The van der Waals surface area contributed by atoms with Crippen LogP contribution < -0.4 is 11.1 Å². The fourth-order valence-electron chi connectivity index (χ4n) is 2.72. The van der Waals surface area contributed by atoms with Crippen LogP contribution in [0.1, 0.15) is 44.2 Å². The van der Waals surface area contributed by atoms with Crippen molar-refractivity contribution in [2.75, 3.05) is 5.32 Å². The summed E-state index contributed by atoms with van der Waals surface area (Å²) in [7, 11) is 0. The van der Waals surface area contributed by atoms with Gasteiger partial charge < -0.3 is 11.1 Å². The zero-order valence-corrected chi connectivity index (χ0v) is 12.8. The summed E-state index contributed by atoms with van der Waals surface area (Å²) in [5.74, 6) is 1.08. The number of nitrogens with two attached hydrogens (primary N) is 1. The van der Waals surface area contributed by atoms with E-state index in [9.17, 15) is 4.79 Å². The van der Waals surface area contributed by atoms with Crippen LogP contribution in [0.5, 0.6) is 0 Å². The van der Waals surface area contributed by atoms with E-state index in [0.29, 0.717) is 11.7 Å². The molecule has 112 valence electrons. The van der Waals surface area contributed by atoms with Crippen LogP contribution in [0.3, 0.4) is 0 Å². The number of hydrogen-bond acceptors (Lipinski definition) is 3. The molecule has 1 atom stereocenters. The molecule has 0 radical (unpaired) electrons. The minimum Gasteiger partial charge on any atom is -0.320 e. The topological polar surface area (TPSA) is 68.0 Å². The molecule has 1 unspecified atom stereocenters. The number of rotatable bonds is 4. The predicted molar refractivity (Wildman–Crippen MR) is 84.0 cm³/mol. The van der Waals surface area contributed by atoms with Crippen molar-refractivity contribution in [2.24, 2.45) is 11.7 Å². The Morgan fingerprint density at radius 2 is 2.10 bits per heavy atom. The van der Waals surface area contributed by atoms with Crippen molar-refractivity contribution in [3.05, 3.63) is 23.9 Å². The Morgan fingerprint density at radius 3 is 2.75 bits per heavy atom. The smallest absolute Gasteiger partial charge is 0.242 e. The van der Waals surface area contributed by atoms with Crippen LogP contribution in [0.25, 0.3) is 0 Å². The molecule has 0 bridgehead atoms. The minimum absolute atomic E-state index is 0. The molecule has 0 spiro atoms. The quantitative estimate of drug-likeness (QED) is 0.897. The fraction of sp³-hybridized carbons (Fsp3) is 0.600. The summed E-state index contributed by atoms with van der Waals surface area (Å²) < 4.78 is 0. The summed E-state index contributed by atoms with van der Waals surface area (Å²) in [6.45, 7) is 1.90. The van der Waals surface area contributed by atoms with E-state index >= 15 is 0 Å². The number of amides is 1. The van der Waals surface area contributed by atoms with Crippen molar-refractivity contribution in [3.8, 4) is 0 Å². The second-order valence-electron chi connectivity index (χ2n) is 5.50. The van der Waals surface area contributed by atoms with Gasteiger partial charge in [0.15, 0.2) is 0 Å². The lowest BCUT2D eigenvalue weighted by Crippen LogP contribution is -2.37. The van der Waals surface area contributed by atoms with Gasteiger partial charge in [0, 0.05) is 5.69 Å². The number of nitrogens with one attached hydrogen (secondary N) is 1. The highest BCUT2D eigenvalue weighted by Crippen LogP contribution is 2.27. The molecule has 0 saturated heterocycles. The largest absolute Gasteiger partial charge is 0.320 e. The molecule has 0 aliphatic heterocycles. The molecule has 2 rings (SSSR count). The van der Waals surface area contributed by atoms with Gasteiger partial charge in [-0.25, -0.2) is 4.98 Å². The van der Waals surface area contributed by atoms with Crippen LogP contribution >= 0.6 is 12.4 Å². The third-order valence-electron chi connectivity index (χ3n) is 3.79. The molecule has 20 heavy (non-hydrogen) atoms. The van der Waals surface area contributed by atoms with Crippen LogP contribution in [0, 0.1) is 12.8 Å². The van der Waals surface area contributed by atoms with Crippen LogP contribution in [-0.2, 0) is 4.79 Å². The van der Waals surface area contributed by atoms with Crippen molar-refractivity contribution in [1.82, 2.24) is 4.98 Å². The summed E-state index contributed by atoms with van der Waals surface area (Å²) in [5.41, 5.74) is 6.88. The highest BCUT2D eigenvalue weighted by atomic mass is 35.5. The van der Waals surface area contributed by atoms with Crippen LogP contribution in [-0.4, -0.2) is 16.9 Å². The molecule has 0 aromatic carbocycles. The Bertz CT molecular complexity index is 433. The lowest BCUT2D eigenvalue weighted by atomic mass is 9.85. The number of hydrogen-bond donors (Lipinski definition) is 2. The van der Waals surface area contributed by atoms with E-state index in [1.165, 1.54) is 32.1 Å². The molecule has 5 heteroatoms. The van der Waals surface area contributed by atoms with Crippen LogP contribution in [0.2, 0.25) is 0 Å². The second kappa shape index (κ2) is 8.22. The first kappa shape index (κ1) is 16.9. The number of aromatic nitrogens is 1. The van der Waals surface area contributed by atoms with Gasteiger partial charge in [-0.2, -0.15) is 0 Å². The Hall–Kier alpha value is -1.13. The summed E-state index contributed by atoms with van der Waals surface area (Å²) >= 11 is 0. The summed E-state index contributed by atoms with van der Waals surface area (Å²) in [6.07, 6.45) is 7.09. The molecular formula is C15H24ClN3O. The molecule has 1 aromatic rings. The van der Waals surface area contributed by atoms with E-state index in [1.807, 2.05) is 19.1 Å². The monoisotopic (exact) mass is 297 g/mol. The van der Waals surface area contributed by atoms with Gasteiger partial charge in [-0.05, 0) is 31.4 Å². The van der Waals surface area contributed by atoms with E-state index in [1.54, 1.807) is 6.07 Å². The number of nitrogens with zero attached hydrogens (tertiary/aromatic N) is 1. The Labute approximate surface area is 126 Å². The Morgan fingerprint density at radius 1 is 1.40 bits per heavy atom. The molecule has 1 aromatic heterocycles. The maximum absolute atomic E-state index is 12.0. The molecule has 1 saturated carbocycles. The maximum Gasteiger partial charge on any atom is 0.242 e. The van der Waals surface area contributed by atoms with E-state index < -0.39 is 6.04 Å². The van der Waals surface area contributed by atoms with Gasteiger partial charge in [0.05, 0.1) is 6.04 Å². The first-order chi connectivity index (χ1) is 9.15. The van der Waals surface area contributed by atoms with E-state index in [-0.39, 0.29) is 18.3 Å². The Kier molecular flexibility index (Phi) is 6.96. The van der Waals surface area contributed by atoms with Crippen molar-refractivity contribution >= 4 is 24.1 Å². The number of halogens is 1. The Balaban J connectivity index is 0.00000200. The average Bonchev–Trinajstić information content (AvgIpc) is 2.40. The molecule has 4 nitrogen and oxygen atoms in total. The van der Waals surface area contributed by atoms with Gasteiger partial charge in [0.25, 0.3) is 0 Å². The third-order valence-corrected chi connectivity index (χ3v) is 3.79. The molecular weight excluding hydrogens is 274 g/mol. The predicted octanol–water partition coefficient (Wildman–Crippen LogP) is 3.05. The van der Waals surface area contributed by atoms with E-state index in [4.69, 9.17) is 5.73 Å². The number of aryl methyl sites for hydroxylation is 1. The molecule has 1 amide bonds. The number of anilines is 1. The first-order valence-corrected chi connectivity index (χ1v) is 7.15. The van der Waals surface area contributed by atoms with Gasteiger partial charge in [-0.15, -0.1) is 12.4 Å². The average molecular weight is 298 g/mol. The van der Waals surface area contributed by atoms with Crippen molar-refractivity contribution in [1.29, 1.82) is 0 Å². The zero-order valence-electron chi connectivity index (χ0n) is 12.0. The SMILES string of the molecule is Cc1cccc(NC(=O)C(N)CC2CCCCC2)n1.Cl. The highest BCUT2D eigenvalue weighted by molar-refractivity contribution is 5.93. The maximum atomic E-state index is 12.0. The standard InChI is InChI=1S/C15H23N3O.ClH/c1-11-6-5-9-14(17-11)18-15(19)13(16)10-12-7-3-2-4-8-12;/h5-6,9,12-13H,2-4,7-8,10,16H2,1H3,(H,17,18,19);1H. The first-order valence-electron chi connectivity index (χ1n) is 7.15. The van der Waals surface area contributed by atoms with E-state index in [2.05, 4.69) is 10.3 Å². The van der Waals surface area contributed by atoms with E-state index in [0.717, 1.165) is 12.1 Å². The zero-order chi connectivity index (χ0) is 13.7. The van der Waals surface area contributed by atoms with Gasteiger partial charge in [0.2, 0.25) is 5.91 Å². The lowest BCUT2D eigenvalue weighted by molar-refractivity contribution is -0.117. The molecule has 1 fully saturated rings. The normalized spacial score (nSPS) is 17.1. The number of carbonyl (C=O) groups is 1. The highest BCUT2D eigenvalue weighted by Gasteiger charge is 2.21. The van der Waals surface area contributed by atoms with Crippen molar-refractivity contribution < 1.29 is 4.79 Å². The van der Waals surface area contributed by atoms with Crippen molar-refractivity contribution in [3.63, 3.8) is 0 Å². The second-order valence-corrected chi connectivity index (χ2v) is 5.50. The van der Waals surface area contributed by atoms with Gasteiger partial charge in [-0.1, -0.05) is 38.2 Å². The minimum atomic E-state index is -0.426.